The lowest BCUT2D eigenvalue weighted by molar-refractivity contribution is -0.126. The largest absolute Gasteiger partial charge is 0.296 e. The summed E-state index contributed by atoms with van der Waals surface area (Å²) in [5.74, 6) is 1.20. The predicted octanol–water partition coefficient (Wildman–Crippen LogP) is 2.26. The van der Waals surface area contributed by atoms with E-state index >= 15 is 0 Å². The summed E-state index contributed by atoms with van der Waals surface area (Å²) in [5, 5.41) is 2.42. The molecule has 1 saturated carbocycles. The fraction of sp³-hybridized carbons (Fsp3) is 0.846. The monoisotopic (exact) mass is 223 g/mol. The molecular weight excluding hydrogens is 202 g/mol. The molecule has 90 valence electrons. The van der Waals surface area contributed by atoms with Gasteiger partial charge in [0, 0.05) is 12.3 Å². The zero-order chi connectivity index (χ0) is 11.5. The Morgan fingerprint density at radius 3 is 2.38 bits per heavy atom. The van der Waals surface area contributed by atoms with Crippen LogP contribution in [0.5, 0.6) is 0 Å². The van der Waals surface area contributed by atoms with Crippen LogP contribution in [0, 0.1) is 17.8 Å². The molecule has 0 aromatic carbocycles. The van der Waals surface area contributed by atoms with Crippen LogP contribution >= 0.6 is 0 Å². The molecule has 2 fully saturated rings. The summed E-state index contributed by atoms with van der Waals surface area (Å²) in [6.45, 7) is 2.23. The molecule has 16 heavy (non-hydrogen) atoms. The number of carbonyl (C=O) groups is 2. The van der Waals surface area contributed by atoms with Gasteiger partial charge >= 0.3 is 0 Å². The van der Waals surface area contributed by atoms with Gasteiger partial charge in [-0.1, -0.05) is 32.6 Å². The van der Waals surface area contributed by atoms with Crippen molar-refractivity contribution in [1.29, 1.82) is 0 Å². The van der Waals surface area contributed by atoms with E-state index in [1.54, 1.807) is 0 Å². The maximum absolute atomic E-state index is 11.6. The number of amides is 2. The zero-order valence-corrected chi connectivity index (χ0v) is 10.00. The zero-order valence-electron chi connectivity index (χ0n) is 10.00. The average Bonchev–Trinajstić information content (AvgIpc) is 2.59. The molecule has 3 heteroatoms. The molecule has 1 atom stereocenters. The van der Waals surface area contributed by atoms with Crippen LogP contribution in [-0.4, -0.2) is 11.8 Å². The number of rotatable bonds is 3. The van der Waals surface area contributed by atoms with Crippen molar-refractivity contribution in [3.63, 3.8) is 0 Å². The van der Waals surface area contributed by atoms with Crippen molar-refractivity contribution in [3.05, 3.63) is 0 Å². The molecule has 0 radical (unpaired) electrons. The Morgan fingerprint density at radius 1 is 1.19 bits per heavy atom. The Balaban J connectivity index is 1.85. The fourth-order valence-corrected chi connectivity index (χ4v) is 3.24. The van der Waals surface area contributed by atoms with E-state index in [1.807, 2.05) is 0 Å². The standard InChI is InChI=1S/C13H21NO2/c1-2-3-9-4-6-10(7-5-9)11-8-12(15)14-13(11)16/h9-11H,2-8H2,1H3,(H,14,15,16). The van der Waals surface area contributed by atoms with Gasteiger partial charge in [0.2, 0.25) is 11.8 Å². The maximum Gasteiger partial charge on any atom is 0.230 e. The number of hydrogen-bond donors (Lipinski definition) is 1. The van der Waals surface area contributed by atoms with Crippen molar-refractivity contribution in [3.8, 4) is 0 Å². The van der Waals surface area contributed by atoms with Gasteiger partial charge in [-0.15, -0.1) is 0 Å². The minimum Gasteiger partial charge on any atom is -0.296 e. The first-order valence-corrected chi connectivity index (χ1v) is 6.54. The lowest BCUT2D eigenvalue weighted by Gasteiger charge is -2.30. The molecule has 1 aliphatic carbocycles. The van der Waals surface area contributed by atoms with Crippen LogP contribution in [0.25, 0.3) is 0 Å². The molecule has 0 aromatic rings. The highest BCUT2D eigenvalue weighted by molar-refractivity contribution is 6.03. The van der Waals surface area contributed by atoms with Gasteiger partial charge < -0.3 is 0 Å². The van der Waals surface area contributed by atoms with E-state index in [1.165, 1.54) is 25.7 Å². The lowest BCUT2D eigenvalue weighted by atomic mass is 9.74. The third-order valence-electron chi connectivity index (χ3n) is 4.16. The van der Waals surface area contributed by atoms with Crippen molar-refractivity contribution in [2.45, 2.75) is 51.9 Å². The van der Waals surface area contributed by atoms with Crippen molar-refractivity contribution >= 4 is 11.8 Å². The Hall–Kier alpha value is -0.860. The lowest BCUT2D eigenvalue weighted by Crippen LogP contribution is -2.28. The Bertz CT molecular complexity index is 280. The Labute approximate surface area is 97.0 Å². The minimum absolute atomic E-state index is 0.0184. The van der Waals surface area contributed by atoms with Gasteiger partial charge in [-0.25, -0.2) is 0 Å². The van der Waals surface area contributed by atoms with Gasteiger partial charge in [0.25, 0.3) is 0 Å². The Kier molecular flexibility index (Phi) is 3.62. The first kappa shape index (κ1) is 11.6. The van der Waals surface area contributed by atoms with Crippen molar-refractivity contribution in [2.24, 2.45) is 17.8 Å². The number of carbonyl (C=O) groups excluding carboxylic acids is 2. The van der Waals surface area contributed by atoms with Gasteiger partial charge in [-0.3, -0.25) is 14.9 Å². The summed E-state index contributed by atoms with van der Waals surface area (Å²) in [7, 11) is 0. The molecule has 3 nitrogen and oxygen atoms in total. The van der Waals surface area contributed by atoms with E-state index in [0.717, 1.165) is 18.8 Å². The summed E-state index contributed by atoms with van der Waals surface area (Å²) in [4.78, 5) is 22.7. The summed E-state index contributed by atoms with van der Waals surface area (Å²) in [5.41, 5.74) is 0. The second-order valence-corrected chi connectivity index (χ2v) is 5.29. The van der Waals surface area contributed by atoms with Crippen molar-refractivity contribution in [1.82, 2.24) is 5.32 Å². The van der Waals surface area contributed by atoms with Gasteiger partial charge in [-0.05, 0) is 24.7 Å². The third-order valence-corrected chi connectivity index (χ3v) is 4.16. The van der Waals surface area contributed by atoms with Crippen LogP contribution in [-0.2, 0) is 9.59 Å². The van der Waals surface area contributed by atoms with Gasteiger partial charge in [0.1, 0.15) is 0 Å². The van der Waals surface area contributed by atoms with E-state index in [4.69, 9.17) is 0 Å². The molecule has 1 N–H and O–H groups in total. The predicted molar refractivity (Wildman–Crippen MR) is 61.6 cm³/mol. The first-order valence-electron chi connectivity index (χ1n) is 6.54. The van der Waals surface area contributed by atoms with Crippen LogP contribution in [0.3, 0.4) is 0 Å². The van der Waals surface area contributed by atoms with Crippen LogP contribution in [0.15, 0.2) is 0 Å². The van der Waals surface area contributed by atoms with E-state index in [9.17, 15) is 9.59 Å². The molecular formula is C13H21NO2. The molecule has 0 aromatic heterocycles. The highest BCUT2D eigenvalue weighted by atomic mass is 16.2. The fourth-order valence-electron chi connectivity index (χ4n) is 3.24. The first-order chi connectivity index (χ1) is 7.70. The van der Waals surface area contributed by atoms with Crippen molar-refractivity contribution < 1.29 is 9.59 Å². The average molecular weight is 223 g/mol. The quantitative estimate of drug-likeness (QED) is 0.746. The van der Waals surface area contributed by atoms with E-state index in [2.05, 4.69) is 12.2 Å². The summed E-state index contributed by atoms with van der Waals surface area (Å²) in [6, 6.07) is 0. The Morgan fingerprint density at radius 2 is 1.88 bits per heavy atom. The molecule has 0 bridgehead atoms. The second-order valence-electron chi connectivity index (χ2n) is 5.29. The number of nitrogens with one attached hydrogen (secondary N) is 1. The molecule has 1 heterocycles. The molecule has 1 saturated heterocycles. The van der Waals surface area contributed by atoms with Gasteiger partial charge in [0.15, 0.2) is 0 Å². The normalized spacial score (nSPS) is 35.2. The SMILES string of the molecule is CCCC1CCC(C2CC(=O)NC2=O)CC1. The van der Waals surface area contributed by atoms with Crippen LogP contribution in [0.1, 0.15) is 51.9 Å². The highest BCUT2D eigenvalue weighted by Gasteiger charge is 2.38. The molecule has 2 amide bonds. The third kappa shape index (κ3) is 2.45. The molecule has 1 unspecified atom stereocenters. The molecule has 2 aliphatic rings. The van der Waals surface area contributed by atoms with E-state index in [0.29, 0.717) is 12.3 Å². The number of hydrogen-bond acceptors (Lipinski definition) is 2. The highest BCUT2D eigenvalue weighted by Crippen LogP contribution is 2.37. The van der Waals surface area contributed by atoms with Crippen molar-refractivity contribution in [2.75, 3.05) is 0 Å². The molecule has 1 aliphatic heterocycles. The van der Waals surface area contributed by atoms with Crippen LogP contribution in [0.4, 0.5) is 0 Å². The van der Waals surface area contributed by atoms with Crippen LogP contribution in [0.2, 0.25) is 0 Å². The summed E-state index contributed by atoms with van der Waals surface area (Å²) in [6.07, 6.45) is 7.78. The minimum atomic E-state index is -0.0781. The summed E-state index contributed by atoms with van der Waals surface area (Å²) < 4.78 is 0. The smallest absolute Gasteiger partial charge is 0.230 e. The van der Waals surface area contributed by atoms with Gasteiger partial charge in [0.05, 0.1) is 0 Å². The van der Waals surface area contributed by atoms with E-state index < -0.39 is 0 Å². The van der Waals surface area contributed by atoms with E-state index in [-0.39, 0.29) is 17.7 Å². The molecule has 0 spiro atoms. The second kappa shape index (κ2) is 4.98. The van der Waals surface area contributed by atoms with Crippen LogP contribution < -0.4 is 5.32 Å². The molecule has 2 rings (SSSR count). The summed E-state index contributed by atoms with van der Waals surface area (Å²) >= 11 is 0. The topological polar surface area (TPSA) is 46.2 Å². The number of imide groups is 1. The van der Waals surface area contributed by atoms with Gasteiger partial charge in [-0.2, -0.15) is 0 Å². The maximum atomic E-state index is 11.6.